The predicted octanol–water partition coefficient (Wildman–Crippen LogP) is 3.37. The number of rotatable bonds is 18. The summed E-state index contributed by atoms with van der Waals surface area (Å²) in [5.74, 6) is -1.47. The lowest BCUT2D eigenvalue weighted by atomic mass is 9.78. The van der Waals surface area contributed by atoms with Gasteiger partial charge in [0, 0.05) is 32.6 Å². The molecule has 5 atom stereocenters. The fraction of sp³-hybridized carbons (Fsp3) is 0.727. The summed E-state index contributed by atoms with van der Waals surface area (Å²) in [6.07, 6.45) is -0.788. The molecule has 1 unspecified atom stereocenters. The van der Waals surface area contributed by atoms with Crippen LogP contribution in [0.25, 0.3) is 0 Å². The minimum Gasteiger partial charge on any atom is -0.493 e. The number of hydrogen-bond acceptors (Lipinski definition) is 9. The van der Waals surface area contributed by atoms with Gasteiger partial charge in [0.15, 0.2) is 17.3 Å². The number of primary amides is 1. The fourth-order valence-electron chi connectivity index (χ4n) is 5.48. The summed E-state index contributed by atoms with van der Waals surface area (Å²) >= 11 is 0. The summed E-state index contributed by atoms with van der Waals surface area (Å²) in [4.78, 5) is 39.4. The van der Waals surface area contributed by atoms with E-state index < -0.39 is 47.1 Å². The summed E-state index contributed by atoms with van der Waals surface area (Å²) in [6.45, 7) is 15.8. The summed E-state index contributed by atoms with van der Waals surface area (Å²) in [6, 6.07) is 4.42. The van der Waals surface area contributed by atoms with Gasteiger partial charge in [0.05, 0.1) is 43.3 Å². The van der Waals surface area contributed by atoms with Crippen molar-refractivity contribution in [3.8, 4) is 11.5 Å². The Morgan fingerprint density at radius 3 is 2.30 bits per heavy atom. The van der Waals surface area contributed by atoms with E-state index in [1.54, 1.807) is 46.3 Å². The van der Waals surface area contributed by atoms with E-state index in [-0.39, 0.29) is 36.5 Å². The Kier molecular flexibility index (Phi) is 13.6. The van der Waals surface area contributed by atoms with Crippen LogP contribution in [0.1, 0.15) is 79.9 Å². The van der Waals surface area contributed by atoms with Gasteiger partial charge in [-0.15, -0.1) is 0 Å². The maximum absolute atomic E-state index is 14.3. The third-order valence-electron chi connectivity index (χ3n) is 8.29. The normalized spacial score (nSPS) is 20.3. The van der Waals surface area contributed by atoms with E-state index in [1.165, 1.54) is 0 Å². The number of hydrogen-bond donors (Lipinski definition) is 4. The Labute approximate surface area is 262 Å². The Bertz CT molecular complexity index is 1120. The van der Waals surface area contributed by atoms with Crippen molar-refractivity contribution in [1.29, 1.82) is 0 Å². The molecule has 5 N–H and O–H groups in total. The molecule has 1 fully saturated rings. The third-order valence-corrected chi connectivity index (χ3v) is 8.29. The molecule has 1 aromatic rings. The van der Waals surface area contributed by atoms with Gasteiger partial charge in [-0.3, -0.25) is 19.7 Å². The summed E-state index contributed by atoms with van der Waals surface area (Å²) in [7, 11) is 3.17. The molecule has 0 aromatic heterocycles. The third kappa shape index (κ3) is 9.89. The lowest BCUT2D eigenvalue weighted by Crippen LogP contribution is -2.49. The number of benzene rings is 1. The van der Waals surface area contributed by atoms with Gasteiger partial charge in [-0.1, -0.05) is 33.8 Å². The maximum Gasteiger partial charge on any atom is 0.224 e. The largest absolute Gasteiger partial charge is 0.493 e. The van der Waals surface area contributed by atoms with Gasteiger partial charge < -0.3 is 35.1 Å². The van der Waals surface area contributed by atoms with Gasteiger partial charge in [0.1, 0.15) is 5.72 Å². The highest BCUT2D eigenvalue weighted by Gasteiger charge is 2.48. The highest BCUT2D eigenvalue weighted by molar-refractivity contribution is 5.88. The van der Waals surface area contributed by atoms with Crippen LogP contribution in [0.15, 0.2) is 18.2 Å². The summed E-state index contributed by atoms with van der Waals surface area (Å²) < 4.78 is 22.8. The minimum atomic E-state index is -1.12. The smallest absolute Gasteiger partial charge is 0.224 e. The molecule has 0 spiro atoms. The van der Waals surface area contributed by atoms with Gasteiger partial charge in [0.25, 0.3) is 0 Å². The van der Waals surface area contributed by atoms with Crippen molar-refractivity contribution in [3.05, 3.63) is 23.8 Å². The number of aliphatic hydroxyl groups excluding tert-OH is 1. The first-order valence-electron chi connectivity index (χ1n) is 15.5. The Morgan fingerprint density at radius 2 is 1.75 bits per heavy atom. The number of methoxy groups -OCH3 is 2. The second-order valence-electron chi connectivity index (χ2n) is 13.6. The van der Waals surface area contributed by atoms with Crippen LogP contribution in [-0.2, 0) is 23.9 Å². The zero-order chi connectivity index (χ0) is 33.4. The van der Waals surface area contributed by atoms with E-state index in [2.05, 4.69) is 10.6 Å². The molecule has 250 valence electrons. The van der Waals surface area contributed by atoms with Crippen LogP contribution >= 0.6 is 0 Å². The van der Waals surface area contributed by atoms with E-state index in [0.29, 0.717) is 36.7 Å². The van der Waals surface area contributed by atoms with Gasteiger partial charge in [-0.25, -0.2) is 0 Å². The first-order valence-corrected chi connectivity index (χ1v) is 15.5. The number of amides is 2. The van der Waals surface area contributed by atoms with Crippen LogP contribution in [0.4, 0.5) is 0 Å². The van der Waals surface area contributed by atoms with Crippen LogP contribution in [0.3, 0.4) is 0 Å². The Hall–Kier alpha value is -2.73. The van der Waals surface area contributed by atoms with Gasteiger partial charge in [0.2, 0.25) is 11.8 Å². The first kappa shape index (κ1) is 37.5. The molecule has 1 aliphatic heterocycles. The van der Waals surface area contributed by atoms with E-state index in [4.69, 9.17) is 24.7 Å². The molecule has 1 aliphatic rings. The zero-order valence-corrected chi connectivity index (χ0v) is 28.2. The number of aliphatic hydroxyl groups is 1. The maximum atomic E-state index is 14.3. The number of carbonyl (C=O) groups is 3. The highest BCUT2D eigenvalue weighted by atomic mass is 16.5. The Morgan fingerprint density at radius 1 is 1.09 bits per heavy atom. The molecular weight excluding hydrogens is 566 g/mol. The van der Waals surface area contributed by atoms with Crippen molar-refractivity contribution in [1.82, 2.24) is 10.6 Å². The van der Waals surface area contributed by atoms with E-state index >= 15 is 0 Å². The number of ether oxygens (including phenoxy) is 4. The van der Waals surface area contributed by atoms with Gasteiger partial charge in [-0.2, -0.15) is 0 Å². The molecule has 0 radical (unpaired) electrons. The van der Waals surface area contributed by atoms with E-state index in [1.807, 2.05) is 41.5 Å². The van der Waals surface area contributed by atoms with Gasteiger partial charge >= 0.3 is 0 Å². The molecule has 2 amide bonds. The lowest BCUT2D eigenvalue weighted by Gasteiger charge is -2.31. The monoisotopic (exact) mass is 621 g/mol. The SMILES string of the molecule is COCCCOc1cc(C(O)[C@H](C(=O)[C@H]2NC(C)(C)O[C@@H]2C[C@H](C(=O)NCC(C)(C)C(N)=O)C(C)C)C(C)C)ccc1OC. The average Bonchev–Trinajstić information content (AvgIpc) is 3.26. The van der Waals surface area contributed by atoms with Crippen LogP contribution < -0.4 is 25.8 Å². The van der Waals surface area contributed by atoms with Crippen LogP contribution in [-0.4, -0.2) is 74.6 Å². The van der Waals surface area contributed by atoms with Crippen molar-refractivity contribution in [3.63, 3.8) is 0 Å². The second kappa shape index (κ2) is 16.0. The predicted molar refractivity (Wildman–Crippen MR) is 168 cm³/mol. The molecule has 0 saturated carbocycles. The fourth-order valence-corrected chi connectivity index (χ4v) is 5.48. The number of Topliss-reactive ketones (excluding diaryl/α,β-unsaturated/α-hetero) is 1. The molecule has 1 heterocycles. The first-order chi connectivity index (χ1) is 20.5. The average molecular weight is 622 g/mol. The van der Waals surface area contributed by atoms with Crippen LogP contribution in [0.2, 0.25) is 0 Å². The Balaban J connectivity index is 2.32. The number of carbonyl (C=O) groups excluding carboxylic acids is 3. The topological polar surface area (TPSA) is 158 Å². The molecule has 1 aromatic carbocycles. The molecule has 0 aliphatic carbocycles. The van der Waals surface area contributed by atoms with E-state index in [0.717, 1.165) is 0 Å². The quantitative estimate of drug-likeness (QED) is 0.180. The van der Waals surface area contributed by atoms with Crippen molar-refractivity contribution < 1.29 is 38.4 Å². The molecular formula is C33H55N3O8. The van der Waals surface area contributed by atoms with Crippen molar-refractivity contribution in [2.24, 2.45) is 34.8 Å². The molecule has 2 rings (SSSR count). The lowest BCUT2D eigenvalue weighted by molar-refractivity contribution is -0.135. The van der Waals surface area contributed by atoms with Crippen LogP contribution in [0.5, 0.6) is 11.5 Å². The number of ketones is 1. The number of nitrogens with two attached hydrogens (primary N) is 1. The standard InChI is InChI=1S/C33H55N3O8/c1-19(2)22(30(39)35-18-32(5,6)31(34)40)17-25-27(36-33(7,8)44-25)29(38)26(20(3)4)28(37)21-12-13-23(42-10)24(16-21)43-15-11-14-41-9/h12-13,16,19-20,22,25-28,36-37H,11,14-15,17-18H2,1-10H3,(H2,34,40)(H,35,39)/t22-,25+,26+,27-,28?/m0/s1. The van der Waals surface area contributed by atoms with Crippen molar-refractivity contribution in [2.45, 2.75) is 92.2 Å². The molecule has 44 heavy (non-hydrogen) atoms. The molecule has 1 saturated heterocycles. The second-order valence-corrected chi connectivity index (χ2v) is 13.6. The summed E-state index contributed by atoms with van der Waals surface area (Å²) in [5, 5.41) is 17.8. The zero-order valence-electron chi connectivity index (χ0n) is 28.2. The van der Waals surface area contributed by atoms with Crippen LogP contribution in [0, 0.1) is 29.1 Å². The highest BCUT2D eigenvalue weighted by Crippen LogP contribution is 2.38. The molecule has 0 bridgehead atoms. The van der Waals surface area contributed by atoms with Crippen molar-refractivity contribution in [2.75, 3.05) is 34.0 Å². The van der Waals surface area contributed by atoms with E-state index in [9.17, 15) is 19.5 Å². The molecule has 11 nitrogen and oxygen atoms in total. The van der Waals surface area contributed by atoms with Gasteiger partial charge in [-0.05, 0) is 63.6 Å². The molecule has 11 heteroatoms. The number of nitrogens with one attached hydrogen (secondary N) is 2. The summed E-state index contributed by atoms with van der Waals surface area (Å²) in [5.41, 5.74) is 4.29. The minimum absolute atomic E-state index is 0.0668. The van der Waals surface area contributed by atoms with Crippen molar-refractivity contribution >= 4 is 17.6 Å².